The smallest absolute Gasteiger partial charge is 0.308 e. The van der Waals surface area contributed by atoms with E-state index < -0.39 is 5.97 Å². The number of carboxylic acid groups (broad SMARTS) is 1. The highest BCUT2D eigenvalue weighted by molar-refractivity contribution is 7.99. The molecule has 15 heavy (non-hydrogen) atoms. The standard InChI is InChI=1S/C10H17NO3S/c1-7-3-4-8(10(13)14)5-11(7)9(12)6-15-2/h7-8H,3-6H2,1-2H3,(H,13,14). The molecule has 0 aromatic carbocycles. The molecule has 4 nitrogen and oxygen atoms in total. The Kier molecular flexibility index (Phi) is 4.45. The Hall–Kier alpha value is -0.710. The van der Waals surface area contributed by atoms with E-state index in [1.807, 2.05) is 13.2 Å². The molecule has 0 radical (unpaired) electrons. The van der Waals surface area contributed by atoms with E-state index in [1.54, 1.807) is 4.90 Å². The first kappa shape index (κ1) is 12.4. The molecular weight excluding hydrogens is 214 g/mol. The van der Waals surface area contributed by atoms with Crippen molar-refractivity contribution in [2.75, 3.05) is 18.6 Å². The van der Waals surface area contributed by atoms with Gasteiger partial charge in [0, 0.05) is 12.6 Å². The van der Waals surface area contributed by atoms with E-state index in [4.69, 9.17) is 5.11 Å². The monoisotopic (exact) mass is 231 g/mol. The molecule has 1 rings (SSSR count). The molecule has 1 aliphatic heterocycles. The van der Waals surface area contributed by atoms with Gasteiger partial charge in [-0.15, -0.1) is 0 Å². The van der Waals surface area contributed by atoms with Gasteiger partial charge in [-0.2, -0.15) is 11.8 Å². The molecule has 0 spiro atoms. The third-order valence-electron chi connectivity index (χ3n) is 2.82. The van der Waals surface area contributed by atoms with Crippen molar-refractivity contribution in [2.45, 2.75) is 25.8 Å². The summed E-state index contributed by atoms with van der Waals surface area (Å²) in [6.45, 7) is 2.35. The van der Waals surface area contributed by atoms with Gasteiger partial charge < -0.3 is 10.0 Å². The highest BCUT2D eigenvalue weighted by atomic mass is 32.2. The van der Waals surface area contributed by atoms with Gasteiger partial charge in [0.2, 0.25) is 5.91 Å². The Morgan fingerprint density at radius 3 is 2.67 bits per heavy atom. The lowest BCUT2D eigenvalue weighted by molar-refractivity contribution is -0.146. The van der Waals surface area contributed by atoms with Gasteiger partial charge in [0.1, 0.15) is 0 Å². The summed E-state index contributed by atoms with van der Waals surface area (Å²) in [5, 5.41) is 8.91. The van der Waals surface area contributed by atoms with Crippen LogP contribution in [0.25, 0.3) is 0 Å². The normalized spacial score (nSPS) is 26.4. The summed E-state index contributed by atoms with van der Waals surface area (Å²) >= 11 is 1.48. The number of hydrogen-bond donors (Lipinski definition) is 1. The third-order valence-corrected chi connectivity index (χ3v) is 3.36. The number of thioether (sulfide) groups is 1. The molecule has 1 amide bonds. The number of aliphatic carboxylic acids is 1. The molecule has 0 saturated carbocycles. The van der Waals surface area contributed by atoms with E-state index in [0.29, 0.717) is 18.7 Å². The fourth-order valence-electron chi connectivity index (χ4n) is 1.86. The lowest BCUT2D eigenvalue weighted by Gasteiger charge is -2.36. The van der Waals surface area contributed by atoms with E-state index in [0.717, 1.165) is 6.42 Å². The average Bonchev–Trinajstić information content (AvgIpc) is 2.18. The molecule has 0 bridgehead atoms. The molecule has 1 aliphatic rings. The van der Waals surface area contributed by atoms with Crippen LogP contribution in [-0.2, 0) is 9.59 Å². The number of carbonyl (C=O) groups is 2. The molecule has 1 N–H and O–H groups in total. The van der Waals surface area contributed by atoms with E-state index in [9.17, 15) is 9.59 Å². The zero-order valence-electron chi connectivity index (χ0n) is 9.10. The Labute approximate surface area is 94.0 Å². The molecule has 1 saturated heterocycles. The minimum Gasteiger partial charge on any atom is -0.481 e. The molecule has 2 atom stereocenters. The van der Waals surface area contributed by atoms with Crippen LogP contribution in [0.3, 0.4) is 0 Å². The molecule has 1 heterocycles. The van der Waals surface area contributed by atoms with Crippen LogP contribution in [0.5, 0.6) is 0 Å². The van der Waals surface area contributed by atoms with Crippen LogP contribution in [-0.4, -0.2) is 46.5 Å². The number of piperidine rings is 1. The number of carbonyl (C=O) groups excluding carboxylic acids is 1. The number of likely N-dealkylation sites (tertiary alicyclic amines) is 1. The van der Waals surface area contributed by atoms with Crippen molar-refractivity contribution in [3.8, 4) is 0 Å². The molecule has 0 aromatic heterocycles. The predicted molar refractivity (Wildman–Crippen MR) is 59.9 cm³/mol. The van der Waals surface area contributed by atoms with Crippen molar-refractivity contribution in [1.29, 1.82) is 0 Å². The van der Waals surface area contributed by atoms with E-state index in [1.165, 1.54) is 11.8 Å². The summed E-state index contributed by atoms with van der Waals surface area (Å²) < 4.78 is 0. The maximum Gasteiger partial charge on any atom is 0.308 e. The first-order valence-electron chi connectivity index (χ1n) is 5.07. The van der Waals surface area contributed by atoms with E-state index in [-0.39, 0.29) is 17.9 Å². The molecule has 86 valence electrons. The number of rotatable bonds is 3. The topological polar surface area (TPSA) is 57.6 Å². The lowest BCUT2D eigenvalue weighted by atomic mass is 9.93. The maximum atomic E-state index is 11.7. The molecule has 0 aromatic rings. The van der Waals surface area contributed by atoms with Crippen LogP contribution >= 0.6 is 11.8 Å². The van der Waals surface area contributed by atoms with Gasteiger partial charge in [0.15, 0.2) is 0 Å². The van der Waals surface area contributed by atoms with Gasteiger partial charge in [0.25, 0.3) is 0 Å². The van der Waals surface area contributed by atoms with Gasteiger partial charge in [-0.1, -0.05) is 0 Å². The van der Waals surface area contributed by atoms with E-state index >= 15 is 0 Å². The summed E-state index contributed by atoms with van der Waals surface area (Å²) in [4.78, 5) is 24.2. The number of nitrogens with zero attached hydrogens (tertiary/aromatic N) is 1. The first-order chi connectivity index (χ1) is 7.06. The van der Waals surface area contributed by atoms with Crippen molar-refractivity contribution in [2.24, 2.45) is 5.92 Å². The minimum atomic E-state index is -0.788. The van der Waals surface area contributed by atoms with Gasteiger partial charge in [-0.25, -0.2) is 0 Å². The first-order valence-corrected chi connectivity index (χ1v) is 6.46. The lowest BCUT2D eigenvalue weighted by Crippen LogP contribution is -2.48. The number of amides is 1. The van der Waals surface area contributed by atoms with Crippen molar-refractivity contribution >= 4 is 23.6 Å². The second-order valence-corrected chi connectivity index (χ2v) is 4.81. The Morgan fingerprint density at radius 1 is 1.47 bits per heavy atom. The van der Waals surface area contributed by atoms with Crippen molar-refractivity contribution in [1.82, 2.24) is 4.90 Å². The molecule has 0 aliphatic carbocycles. The highest BCUT2D eigenvalue weighted by Gasteiger charge is 2.31. The molecule has 5 heteroatoms. The van der Waals surface area contributed by atoms with Crippen LogP contribution in [0.1, 0.15) is 19.8 Å². The van der Waals surface area contributed by atoms with Crippen molar-refractivity contribution < 1.29 is 14.7 Å². The number of hydrogen-bond acceptors (Lipinski definition) is 3. The fourth-order valence-corrected chi connectivity index (χ4v) is 2.28. The zero-order valence-corrected chi connectivity index (χ0v) is 9.92. The summed E-state index contributed by atoms with van der Waals surface area (Å²) in [6.07, 6.45) is 3.35. The van der Waals surface area contributed by atoms with Gasteiger partial charge in [-0.3, -0.25) is 9.59 Å². The molecular formula is C10H17NO3S. The summed E-state index contributed by atoms with van der Waals surface area (Å²) in [7, 11) is 0. The second-order valence-electron chi connectivity index (χ2n) is 3.94. The van der Waals surface area contributed by atoms with Crippen molar-refractivity contribution in [3.05, 3.63) is 0 Å². The van der Waals surface area contributed by atoms with Crippen molar-refractivity contribution in [3.63, 3.8) is 0 Å². The molecule has 2 unspecified atom stereocenters. The van der Waals surface area contributed by atoms with Gasteiger partial charge in [-0.05, 0) is 26.0 Å². The van der Waals surface area contributed by atoms with E-state index in [2.05, 4.69) is 0 Å². The average molecular weight is 231 g/mol. The Morgan fingerprint density at radius 2 is 2.13 bits per heavy atom. The quantitative estimate of drug-likeness (QED) is 0.789. The van der Waals surface area contributed by atoms with Crippen LogP contribution in [0, 0.1) is 5.92 Å². The number of carboxylic acids is 1. The maximum absolute atomic E-state index is 11.7. The van der Waals surface area contributed by atoms with Crippen LogP contribution in [0.4, 0.5) is 0 Å². The highest BCUT2D eigenvalue weighted by Crippen LogP contribution is 2.22. The van der Waals surface area contributed by atoms with Crippen LogP contribution in [0.2, 0.25) is 0 Å². The minimum absolute atomic E-state index is 0.0564. The Balaban J connectivity index is 2.60. The van der Waals surface area contributed by atoms with Crippen LogP contribution in [0.15, 0.2) is 0 Å². The second kappa shape index (κ2) is 5.39. The summed E-state index contributed by atoms with van der Waals surface area (Å²) in [5.41, 5.74) is 0. The van der Waals surface area contributed by atoms with Gasteiger partial charge in [0.05, 0.1) is 11.7 Å². The molecule has 1 fully saturated rings. The zero-order chi connectivity index (χ0) is 11.4. The fraction of sp³-hybridized carbons (Fsp3) is 0.800. The Bertz CT molecular complexity index is 257. The predicted octanol–water partition coefficient (Wildman–Crippen LogP) is 1.06. The SMILES string of the molecule is CSCC(=O)N1CC(C(=O)O)CCC1C. The third kappa shape index (κ3) is 3.12. The van der Waals surface area contributed by atoms with Crippen LogP contribution < -0.4 is 0 Å². The largest absolute Gasteiger partial charge is 0.481 e. The van der Waals surface area contributed by atoms with Gasteiger partial charge >= 0.3 is 5.97 Å². The summed E-state index contributed by atoms with van der Waals surface area (Å²) in [5.74, 6) is -0.673. The summed E-state index contributed by atoms with van der Waals surface area (Å²) in [6, 6.07) is 0.181.